The van der Waals surface area contributed by atoms with Crippen LogP contribution in [0.1, 0.15) is 24.1 Å². The lowest BCUT2D eigenvalue weighted by Gasteiger charge is -2.14. The van der Waals surface area contributed by atoms with E-state index < -0.39 is 37.4 Å². The van der Waals surface area contributed by atoms with E-state index in [4.69, 9.17) is 0 Å². The minimum absolute atomic E-state index is 0.214. The Bertz CT molecular complexity index is 841. The van der Waals surface area contributed by atoms with Crippen molar-refractivity contribution in [2.75, 3.05) is 0 Å². The molecule has 0 aliphatic heterocycles. The molecule has 23 heavy (non-hydrogen) atoms. The second kappa shape index (κ2) is 6.39. The number of nitro benzene ring substituents is 1. The van der Waals surface area contributed by atoms with Gasteiger partial charge in [-0.3, -0.25) is 15.1 Å². The molecule has 0 fully saturated rings. The van der Waals surface area contributed by atoms with E-state index in [0.29, 0.717) is 5.56 Å². The highest BCUT2D eigenvalue weighted by Gasteiger charge is 2.24. The Morgan fingerprint density at radius 1 is 1.39 bits per heavy atom. The second-order valence-corrected chi connectivity index (χ2v) is 6.65. The van der Waals surface area contributed by atoms with Crippen LogP contribution in [0.4, 0.5) is 10.1 Å². The van der Waals surface area contributed by atoms with E-state index in [-0.39, 0.29) is 5.56 Å². The van der Waals surface area contributed by atoms with Crippen molar-refractivity contribution in [1.29, 1.82) is 0 Å². The minimum Gasteiger partial charge on any atom is -0.264 e. The predicted octanol–water partition coefficient (Wildman–Crippen LogP) is 2.48. The fraction of sp³-hybridized carbons (Fsp3) is 0.214. The summed E-state index contributed by atoms with van der Waals surface area (Å²) in [5.74, 6) is -0.950. The predicted molar refractivity (Wildman–Crippen MR) is 80.8 cm³/mol. The van der Waals surface area contributed by atoms with Crippen molar-refractivity contribution in [2.45, 2.75) is 24.8 Å². The first-order valence-electron chi connectivity index (χ1n) is 6.59. The van der Waals surface area contributed by atoms with Crippen LogP contribution in [0.25, 0.3) is 0 Å². The molecule has 0 aliphatic carbocycles. The maximum atomic E-state index is 13.8. The lowest BCUT2D eigenvalue weighted by atomic mass is 10.2. The molecule has 0 saturated carbocycles. The zero-order valence-electron chi connectivity index (χ0n) is 12.4. The molecule has 122 valence electrons. The quantitative estimate of drug-likeness (QED) is 0.666. The van der Waals surface area contributed by atoms with Crippen LogP contribution in [-0.4, -0.2) is 18.3 Å². The van der Waals surface area contributed by atoms with Gasteiger partial charge in [0.2, 0.25) is 10.0 Å². The van der Waals surface area contributed by atoms with E-state index in [2.05, 4.69) is 9.71 Å². The molecule has 1 atom stereocenters. The summed E-state index contributed by atoms with van der Waals surface area (Å²) in [4.78, 5) is 13.5. The molecule has 1 N–H and O–H groups in total. The summed E-state index contributed by atoms with van der Waals surface area (Å²) in [5, 5.41) is 10.9. The number of nitrogens with one attached hydrogen (secondary N) is 1. The normalized spacial score (nSPS) is 12.8. The lowest BCUT2D eigenvalue weighted by molar-refractivity contribution is -0.385. The van der Waals surface area contributed by atoms with Crippen molar-refractivity contribution in [2.24, 2.45) is 0 Å². The number of nitro groups is 1. The summed E-state index contributed by atoms with van der Waals surface area (Å²) in [5.41, 5.74) is -0.188. The third-order valence-electron chi connectivity index (χ3n) is 3.31. The minimum atomic E-state index is -4.13. The molecule has 1 heterocycles. The fourth-order valence-corrected chi connectivity index (χ4v) is 3.25. The molecule has 0 saturated heterocycles. The van der Waals surface area contributed by atoms with Gasteiger partial charge in [0.1, 0.15) is 5.82 Å². The number of benzene rings is 1. The van der Waals surface area contributed by atoms with E-state index in [1.807, 2.05) is 0 Å². The van der Waals surface area contributed by atoms with Gasteiger partial charge in [-0.1, -0.05) is 6.07 Å². The highest BCUT2D eigenvalue weighted by Crippen LogP contribution is 2.26. The Kier molecular flexibility index (Phi) is 4.71. The first kappa shape index (κ1) is 17.0. The number of hydrogen-bond acceptors (Lipinski definition) is 5. The zero-order valence-corrected chi connectivity index (χ0v) is 13.2. The number of aromatic nitrogens is 1. The summed E-state index contributed by atoms with van der Waals surface area (Å²) in [7, 11) is -4.13. The highest BCUT2D eigenvalue weighted by molar-refractivity contribution is 7.89. The second-order valence-electron chi connectivity index (χ2n) is 4.94. The van der Waals surface area contributed by atoms with E-state index in [1.54, 1.807) is 25.3 Å². The van der Waals surface area contributed by atoms with Gasteiger partial charge in [0.05, 0.1) is 15.4 Å². The third-order valence-corrected chi connectivity index (χ3v) is 4.83. The summed E-state index contributed by atoms with van der Waals surface area (Å²) in [6.45, 7) is 2.81. The Morgan fingerprint density at radius 2 is 2.09 bits per heavy atom. The Hall–Kier alpha value is -2.39. The molecule has 0 spiro atoms. The summed E-state index contributed by atoms with van der Waals surface area (Å²) < 4.78 is 40.8. The van der Waals surface area contributed by atoms with E-state index in [9.17, 15) is 22.9 Å². The van der Waals surface area contributed by atoms with Crippen molar-refractivity contribution < 1.29 is 17.7 Å². The molecule has 0 amide bonds. The Labute approximate surface area is 132 Å². The highest BCUT2D eigenvalue weighted by atomic mass is 32.2. The smallest absolute Gasteiger partial charge is 0.264 e. The van der Waals surface area contributed by atoms with Gasteiger partial charge in [0, 0.05) is 24.5 Å². The largest absolute Gasteiger partial charge is 0.276 e. The van der Waals surface area contributed by atoms with Crippen LogP contribution in [0.3, 0.4) is 0 Å². The van der Waals surface area contributed by atoms with Crippen molar-refractivity contribution in [3.63, 3.8) is 0 Å². The zero-order chi connectivity index (χ0) is 17.2. The number of rotatable bonds is 5. The first-order chi connectivity index (χ1) is 10.7. The van der Waals surface area contributed by atoms with Crippen molar-refractivity contribution in [3.05, 3.63) is 63.7 Å². The van der Waals surface area contributed by atoms with Crippen LogP contribution in [0.15, 0.2) is 41.6 Å². The molecule has 2 aromatic rings. The van der Waals surface area contributed by atoms with Crippen LogP contribution in [-0.2, 0) is 10.0 Å². The number of pyridine rings is 1. The third kappa shape index (κ3) is 3.69. The van der Waals surface area contributed by atoms with Crippen LogP contribution in [0.2, 0.25) is 0 Å². The van der Waals surface area contributed by atoms with E-state index in [0.717, 1.165) is 12.1 Å². The topological polar surface area (TPSA) is 102 Å². The van der Waals surface area contributed by atoms with Gasteiger partial charge in [-0.2, -0.15) is 0 Å². The average molecular weight is 339 g/mol. The van der Waals surface area contributed by atoms with Gasteiger partial charge in [0.15, 0.2) is 0 Å². The van der Waals surface area contributed by atoms with Crippen LogP contribution in [0.5, 0.6) is 0 Å². The maximum Gasteiger partial charge on any atom is 0.276 e. The monoisotopic (exact) mass is 339 g/mol. The molecule has 0 aliphatic rings. The van der Waals surface area contributed by atoms with Crippen molar-refractivity contribution in [1.82, 2.24) is 9.71 Å². The molecule has 1 unspecified atom stereocenters. The number of halogens is 1. The van der Waals surface area contributed by atoms with Gasteiger partial charge >= 0.3 is 0 Å². The van der Waals surface area contributed by atoms with Gasteiger partial charge < -0.3 is 0 Å². The summed E-state index contributed by atoms with van der Waals surface area (Å²) in [6.07, 6.45) is 3.04. The van der Waals surface area contributed by atoms with Gasteiger partial charge in [0.25, 0.3) is 5.69 Å². The number of nitrogens with zero attached hydrogens (tertiary/aromatic N) is 2. The first-order valence-corrected chi connectivity index (χ1v) is 8.07. The van der Waals surface area contributed by atoms with Crippen LogP contribution >= 0.6 is 0 Å². The maximum absolute atomic E-state index is 13.8. The Balaban J connectivity index is 2.39. The van der Waals surface area contributed by atoms with Crippen LogP contribution < -0.4 is 4.72 Å². The molecular weight excluding hydrogens is 325 g/mol. The molecule has 2 rings (SSSR count). The standard InChI is InChI=1S/C14H14FN3O4S/c1-9-13(15)6-12(7-14(9)18(19)20)23(21,22)17-10(2)11-4-3-5-16-8-11/h3-8,10,17H,1-2H3. The summed E-state index contributed by atoms with van der Waals surface area (Å²) in [6, 6.07) is 4.31. The van der Waals surface area contributed by atoms with Crippen LogP contribution in [0, 0.1) is 22.9 Å². The molecule has 0 radical (unpaired) electrons. The molecule has 7 nitrogen and oxygen atoms in total. The molecule has 1 aromatic carbocycles. The lowest BCUT2D eigenvalue weighted by Crippen LogP contribution is -2.27. The summed E-state index contributed by atoms with van der Waals surface area (Å²) >= 11 is 0. The van der Waals surface area contributed by atoms with E-state index >= 15 is 0 Å². The average Bonchev–Trinajstić information content (AvgIpc) is 2.49. The van der Waals surface area contributed by atoms with Crippen molar-refractivity contribution in [3.8, 4) is 0 Å². The Morgan fingerprint density at radius 3 is 2.65 bits per heavy atom. The molecule has 0 bridgehead atoms. The van der Waals surface area contributed by atoms with Crippen molar-refractivity contribution >= 4 is 15.7 Å². The van der Waals surface area contributed by atoms with Gasteiger partial charge in [-0.25, -0.2) is 17.5 Å². The van der Waals surface area contributed by atoms with Gasteiger partial charge in [-0.05, 0) is 31.5 Å². The molecule has 1 aromatic heterocycles. The SMILES string of the molecule is Cc1c(F)cc(S(=O)(=O)NC(C)c2cccnc2)cc1[N+](=O)[O-]. The van der Waals surface area contributed by atoms with Gasteiger partial charge in [-0.15, -0.1) is 0 Å². The molecular formula is C14H14FN3O4S. The van der Waals surface area contributed by atoms with E-state index in [1.165, 1.54) is 13.1 Å². The number of hydrogen-bond donors (Lipinski definition) is 1. The number of sulfonamides is 1. The fourth-order valence-electron chi connectivity index (χ4n) is 1.99. The molecule has 9 heteroatoms.